The molecular weight excluding hydrogens is 278 g/mol. The summed E-state index contributed by atoms with van der Waals surface area (Å²) < 4.78 is 0. The van der Waals surface area contributed by atoms with Gasteiger partial charge in [-0.15, -0.1) is 0 Å². The van der Waals surface area contributed by atoms with Crippen LogP contribution < -0.4 is 5.32 Å². The third kappa shape index (κ3) is 2.83. The van der Waals surface area contributed by atoms with E-state index in [1.165, 1.54) is 5.56 Å². The van der Waals surface area contributed by atoms with Crippen LogP contribution >= 0.6 is 0 Å². The molecule has 0 aromatic heterocycles. The Morgan fingerprint density at radius 2 is 2.05 bits per heavy atom. The van der Waals surface area contributed by atoms with Crippen molar-refractivity contribution in [2.75, 3.05) is 0 Å². The molecular formula is C18H19NO3. The van der Waals surface area contributed by atoms with Crippen LogP contribution in [0.25, 0.3) is 11.1 Å². The van der Waals surface area contributed by atoms with E-state index in [1.807, 2.05) is 36.4 Å². The Labute approximate surface area is 129 Å². The maximum atomic E-state index is 10.9. The second-order valence-corrected chi connectivity index (χ2v) is 5.62. The van der Waals surface area contributed by atoms with Gasteiger partial charge < -0.3 is 15.5 Å². The van der Waals surface area contributed by atoms with Gasteiger partial charge in [-0.2, -0.15) is 0 Å². The number of fused-ring (bicyclic) bond motifs is 1. The summed E-state index contributed by atoms with van der Waals surface area (Å²) >= 11 is 0. The summed E-state index contributed by atoms with van der Waals surface area (Å²) in [5.74, 6) is 0. The van der Waals surface area contributed by atoms with Crippen molar-refractivity contribution in [1.29, 1.82) is 0 Å². The molecule has 0 aliphatic heterocycles. The van der Waals surface area contributed by atoms with Gasteiger partial charge in [0.15, 0.2) is 0 Å². The number of amides is 1. The largest absolute Gasteiger partial charge is 0.465 e. The lowest BCUT2D eigenvalue weighted by molar-refractivity contribution is 0.188. The number of hydrogen-bond acceptors (Lipinski definition) is 2. The van der Waals surface area contributed by atoms with Gasteiger partial charge in [-0.3, -0.25) is 0 Å². The Morgan fingerprint density at radius 1 is 1.23 bits per heavy atom. The molecule has 1 aliphatic carbocycles. The average molecular weight is 297 g/mol. The third-order valence-electron chi connectivity index (χ3n) is 4.25. The average Bonchev–Trinajstić information content (AvgIpc) is 2.54. The second kappa shape index (κ2) is 6.20. The molecule has 0 spiro atoms. The van der Waals surface area contributed by atoms with Crippen LogP contribution in [0.15, 0.2) is 42.5 Å². The molecule has 3 rings (SSSR count). The Hall–Kier alpha value is -2.33. The van der Waals surface area contributed by atoms with Crippen LogP contribution in [-0.2, 0) is 13.0 Å². The van der Waals surface area contributed by atoms with E-state index >= 15 is 0 Å². The molecule has 0 bridgehead atoms. The minimum Gasteiger partial charge on any atom is -0.465 e. The van der Waals surface area contributed by atoms with Crippen LogP contribution in [0, 0.1) is 0 Å². The Balaban J connectivity index is 1.99. The number of benzene rings is 2. The molecule has 0 saturated heterocycles. The summed E-state index contributed by atoms with van der Waals surface area (Å²) in [6.07, 6.45) is 1.80. The molecule has 22 heavy (non-hydrogen) atoms. The molecule has 0 saturated carbocycles. The van der Waals surface area contributed by atoms with Gasteiger partial charge in [0.25, 0.3) is 0 Å². The van der Waals surface area contributed by atoms with Crippen LogP contribution in [0.2, 0.25) is 0 Å². The van der Waals surface area contributed by atoms with Crippen LogP contribution in [0.4, 0.5) is 4.79 Å². The van der Waals surface area contributed by atoms with Crippen molar-refractivity contribution in [3.63, 3.8) is 0 Å². The highest BCUT2D eigenvalue weighted by Gasteiger charge is 2.22. The number of carboxylic acid groups (broad SMARTS) is 1. The van der Waals surface area contributed by atoms with Gasteiger partial charge >= 0.3 is 6.09 Å². The Bertz CT molecular complexity index is 696. The van der Waals surface area contributed by atoms with Crippen molar-refractivity contribution in [3.05, 3.63) is 59.2 Å². The first-order chi connectivity index (χ1) is 10.7. The highest BCUT2D eigenvalue weighted by molar-refractivity contribution is 5.69. The first-order valence-electron chi connectivity index (χ1n) is 7.50. The molecule has 1 unspecified atom stereocenters. The molecule has 114 valence electrons. The van der Waals surface area contributed by atoms with Crippen molar-refractivity contribution in [1.82, 2.24) is 5.32 Å². The Morgan fingerprint density at radius 3 is 2.82 bits per heavy atom. The first kappa shape index (κ1) is 14.6. The van der Waals surface area contributed by atoms with E-state index in [1.54, 1.807) is 0 Å². The topological polar surface area (TPSA) is 69.6 Å². The molecule has 0 heterocycles. The van der Waals surface area contributed by atoms with Crippen LogP contribution in [0.1, 0.15) is 35.6 Å². The fourth-order valence-corrected chi connectivity index (χ4v) is 3.22. The lowest BCUT2D eigenvalue weighted by Gasteiger charge is -2.26. The van der Waals surface area contributed by atoms with Gasteiger partial charge in [-0.1, -0.05) is 42.5 Å². The quantitative estimate of drug-likeness (QED) is 0.812. The minimum absolute atomic E-state index is 0.0104. The fraction of sp³-hybridized carbons (Fsp3) is 0.278. The lowest BCUT2D eigenvalue weighted by atomic mass is 9.85. The summed E-state index contributed by atoms with van der Waals surface area (Å²) in [4.78, 5) is 10.9. The molecule has 2 aromatic rings. The van der Waals surface area contributed by atoms with E-state index in [9.17, 15) is 9.90 Å². The second-order valence-electron chi connectivity index (χ2n) is 5.62. The van der Waals surface area contributed by atoms with E-state index in [-0.39, 0.29) is 12.6 Å². The number of aryl methyl sites for hydroxylation is 1. The maximum Gasteiger partial charge on any atom is 0.405 e. The lowest BCUT2D eigenvalue weighted by Crippen LogP contribution is -2.29. The zero-order chi connectivity index (χ0) is 15.5. The summed E-state index contributed by atoms with van der Waals surface area (Å²) in [5, 5.41) is 21.0. The molecule has 3 N–H and O–H groups in total. The SMILES string of the molecule is O=C(O)NC1CCCc2cc(-c3ccccc3CO)ccc21. The molecule has 1 amide bonds. The maximum absolute atomic E-state index is 10.9. The highest BCUT2D eigenvalue weighted by atomic mass is 16.4. The Kier molecular flexibility index (Phi) is 4.11. The van der Waals surface area contributed by atoms with Crippen LogP contribution in [0.5, 0.6) is 0 Å². The monoisotopic (exact) mass is 297 g/mol. The van der Waals surface area contributed by atoms with Crippen molar-refractivity contribution in [2.24, 2.45) is 0 Å². The zero-order valence-corrected chi connectivity index (χ0v) is 12.2. The summed E-state index contributed by atoms with van der Waals surface area (Å²) in [6.45, 7) is 0.0104. The molecule has 1 atom stereocenters. The van der Waals surface area contributed by atoms with E-state index in [0.29, 0.717) is 0 Å². The molecule has 2 aromatic carbocycles. The fourth-order valence-electron chi connectivity index (χ4n) is 3.22. The van der Waals surface area contributed by atoms with E-state index in [0.717, 1.165) is 41.5 Å². The summed E-state index contributed by atoms with van der Waals surface area (Å²) in [5.41, 5.74) is 5.26. The first-order valence-corrected chi connectivity index (χ1v) is 7.50. The van der Waals surface area contributed by atoms with Gasteiger partial charge in [-0.25, -0.2) is 4.79 Å². The number of nitrogens with one attached hydrogen (secondary N) is 1. The van der Waals surface area contributed by atoms with E-state index in [2.05, 4.69) is 11.4 Å². The molecule has 0 fully saturated rings. The highest BCUT2D eigenvalue weighted by Crippen LogP contribution is 2.33. The smallest absolute Gasteiger partial charge is 0.405 e. The molecule has 0 radical (unpaired) electrons. The standard InChI is InChI=1S/C18H19NO3/c20-11-14-4-1-2-6-15(14)13-8-9-16-12(10-13)5-3-7-17(16)19-18(21)22/h1-2,4,6,8-10,17,19-20H,3,5,7,11H2,(H,21,22). The van der Waals surface area contributed by atoms with Gasteiger partial charge in [0.05, 0.1) is 12.6 Å². The van der Waals surface area contributed by atoms with Crippen molar-refractivity contribution in [2.45, 2.75) is 31.9 Å². The third-order valence-corrected chi connectivity index (χ3v) is 4.25. The minimum atomic E-state index is -0.979. The predicted molar refractivity (Wildman–Crippen MR) is 84.6 cm³/mol. The molecule has 4 nitrogen and oxygen atoms in total. The van der Waals surface area contributed by atoms with Crippen LogP contribution in [0.3, 0.4) is 0 Å². The van der Waals surface area contributed by atoms with Crippen molar-refractivity contribution < 1.29 is 15.0 Å². The van der Waals surface area contributed by atoms with Crippen LogP contribution in [-0.4, -0.2) is 16.3 Å². The zero-order valence-electron chi connectivity index (χ0n) is 12.2. The normalized spacial score (nSPS) is 16.9. The number of aliphatic hydroxyl groups excluding tert-OH is 1. The van der Waals surface area contributed by atoms with Crippen molar-refractivity contribution in [3.8, 4) is 11.1 Å². The van der Waals surface area contributed by atoms with Gasteiger partial charge in [0, 0.05) is 0 Å². The number of aliphatic hydroxyl groups is 1. The van der Waals surface area contributed by atoms with Crippen molar-refractivity contribution >= 4 is 6.09 Å². The molecule has 1 aliphatic rings. The predicted octanol–water partition coefficient (Wildman–Crippen LogP) is 3.49. The number of rotatable bonds is 3. The number of hydrogen-bond donors (Lipinski definition) is 3. The summed E-state index contributed by atoms with van der Waals surface area (Å²) in [7, 11) is 0. The van der Waals surface area contributed by atoms with Gasteiger partial charge in [-0.05, 0) is 47.1 Å². The van der Waals surface area contributed by atoms with E-state index in [4.69, 9.17) is 5.11 Å². The van der Waals surface area contributed by atoms with Gasteiger partial charge in [0.1, 0.15) is 0 Å². The summed E-state index contributed by atoms with van der Waals surface area (Å²) in [6, 6.07) is 13.8. The van der Waals surface area contributed by atoms with Gasteiger partial charge in [0.2, 0.25) is 0 Å². The number of carbonyl (C=O) groups is 1. The van der Waals surface area contributed by atoms with E-state index < -0.39 is 6.09 Å². The molecule has 4 heteroatoms.